The predicted octanol–water partition coefficient (Wildman–Crippen LogP) is 3.95. The SMILES string of the molecule is [CH2]CCCCCc1ccc(S(=O)(=O)NCC(C)(C)C)cc1. The molecule has 0 aliphatic heterocycles. The van der Waals surface area contributed by atoms with Gasteiger partial charge in [0.1, 0.15) is 0 Å². The molecule has 0 fully saturated rings. The summed E-state index contributed by atoms with van der Waals surface area (Å²) in [7, 11) is -3.40. The van der Waals surface area contributed by atoms with E-state index in [9.17, 15) is 8.42 Å². The minimum atomic E-state index is -3.40. The van der Waals surface area contributed by atoms with Crippen LogP contribution in [0, 0.1) is 12.3 Å². The van der Waals surface area contributed by atoms with E-state index >= 15 is 0 Å². The van der Waals surface area contributed by atoms with Gasteiger partial charge in [-0.05, 0) is 36.0 Å². The van der Waals surface area contributed by atoms with Crippen LogP contribution in [0.15, 0.2) is 29.2 Å². The van der Waals surface area contributed by atoms with Crippen molar-refractivity contribution in [2.24, 2.45) is 5.41 Å². The smallest absolute Gasteiger partial charge is 0.211 e. The first kappa shape index (κ1) is 18.2. The van der Waals surface area contributed by atoms with Crippen molar-refractivity contribution in [3.63, 3.8) is 0 Å². The highest BCUT2D eigenvalue weighted by Gasteiger charge is 2.18. The molecule has 1 radical (unpaired) electrons. The van der Waals surface area contributed by atoms with Gasteiger partial charge in [-0.15, -0.1) is 0 Å². The zero-order valence-electron chi connectivity index (χ0n) is 13.5. The second-order valence-electron chi connectivity index (χ2n) is 6.69. The molecule has 21 heavy (non-hydrogen) atoms. The maximum atomic E-state index is 12.2. The van der Waals surface area contributed by atoms with Crippen LogP contribution in [0.3, 0.4) is 0 Å². The van der Waals surface area contributed by atoms with Gasteiger partial charge in [-0.2, -0.15) is 0 Å². The fourth-order valence-electron chi connectivity index (χ4n) is 1.91. The van der Waals surface area contributed by atoms with Crippen LogP contribution in [-0.4, -0.2) is 15.0 Å². The molecular weight excluding hydrogens is 282 g/mol. The van der Waals surface area contributed by atoms with E-state index in [1.165, 1.54) is 12.0 Å². The Bertz CT molecular complexity index is 513. The number of nitrogens with one attached hydrogen (secondary N) is 1. The summed E-state index contributed by atoms with van der Waals surface area (Å²) in [4.78, 5) is 0.341. The first-order valence-corrected chi connectivity index (χ1v) is 9.11. The van der Waals surface area contributed by atoms with Gasteiger partial charge in [0.05, 0.1) is 4.90 Å². The number of hydrogen-bond acceptors (Lipinski definition) is 2. The molecule has 0 spiro atoms. The molecule has 0 unspecified atom stereocenters. The summed E-state index contributed by atoms with van der Waals surface area (Å²) < 4.78 is 27.0. The average Bonchev–Trinajstić information content (AvgIpc) is 2.41. The van der Waals surface area contributed by atoms with E-state index in [4.69, 9.17) is 0 Å². The number of rotatable bonds is 8. The fourth-order valence-corrected chi connectivity index (χ4v) is 3.20. The summed E-state index contributed by atoms with van der Waals surface area (Å²) in [6.45, 7) is 10.3. The molecular formula is C17H28NO2S. The van der Waals surface area contributed by atoms with Gasteiger partial charge in [-0.3, -0.25) is 0 Å². The Morgan fingerprint density at radius 3 is 2.19 bits per heavy atom. The van der Waals surface area contributed by atoms with Crippen molar-refractivity contribution in [3.05, 3.63) is 36.8 Å². The zero-order chi connectivity index (χ0) is 15.9. The lowest BCUT2D eigenvalue weighted by atomic mass is 9.98. The monoisotopic (exact) mass is 310 g/mol. The van der Waals surface area contributed by atoms with Crippen LogP contribution in [-0.2, 0) is 16.4 Å². The standard InChI is InChI=1S/C17H28NO2S/c1-5-6-7-8-9-15-10-12-16(13-11-15)21(19,20)18-14-17(2,3)4/h10-13,18H,1,5-9,14H2,2-4H3. The molecule has 1 aromatic rings. The summed E-state index contributed by atoms with van der Waals surface area (Å²) in [6, 6.07) is 7.22. The quantitative estimate of drug-likeness (QED) is 0.739. The zero-order valence-corrected chi connectivity index (χ0v) is 14.3. The van der Waals surface area contributed by atoms with Crippen LogP contribution in [0.2, 0.25) is 0 Å². The third-order valence-corrected chi connectivity index (χ3v) is 4.66. The molecule has 0 saturated heterocycles. The first-order chi connectivity index (χ1) is 9.74. The van der Waals surface area contributed by atoms with Gasteiger partial charge < -0.3 is 0 Å². The molecule has 3 nitrogen and oxygen atoms in total. The van der Waals surface area contributed by atoms with Gasteiger partial charge in [-0.25, -0.2) is 13.1 Å². The topological polar surface area (TPSA) is 46.2 Å². The van der Waals surface area contributed by atoms with E-state index in [1.54, 1.807) is 12.1 Å². The summed E-state index contributed by atoms with van der Waals surface area (Å²) in [5.74, 6) is 0. The van der Waals surface area contributed by atoms with E-state index in [1.807, 2.05) is 32.9 Å². The molecule has 0 saturated carbocycles. The predicted molar refractivity (Wildman–Crippen MR) is 88.6 cm³/mol. The highest BCUT2D eigenvalue weighted by molar-refractivity contribution is 7.89. The Morgan fingerprint density at radius 1 is 1.05 bits per heavy atom. The molecule has 0 aliphatic rings. The molecule has 0 bridgehead atoms. The van der Waals surface area contributed by atoms with Gasteiger partial charge in [0.2, 0.25) is 10.0 Å². The van der Waals surface area contributed by atoms with Crippen molar-refractivity contribution in [3.8, 4) is 0 Å². The van der Waals surface area contributed by atoms with Crippen molar-refractivity contribution in [1.82, 2.24) is 4.72 Å². The van der Waals surface area contributed by atoms with Gasteiger partial charge in [0.15, 0.2) is 0 Å². The van der Waals surface area contributed by atoms with Gasteiger partial charge in [-0.1, -0.05) is 59.1 Å². The second kappa shape index (κ2) is 7.95. The summed E-state index contributed by atoms with van der Waals surface area (Å²) in [5.41, 5.74) is 1.12. The van der Waals surface area contributed by atoms with Gasteiger partial charge in [0, 0.05) is 6.54 Å². The van der Waals surface area contributed by atoms with Crippen molar-refractivity contribution in [2.45, 2.75) is 57.8 Å². The van der Waals surface area contributed by atoms with Crippen molar-refractivity contribution in [1.29, 1.82) is 0 Å². The summed E-state index contributed by atoms with van der Waals surface area (Å²) in [6.07, 6.45) is 5.44. The summed E-state index contributed by atoms with van der Waals surface area (Å²) >= 11 is 0. The lowest BCUT2D eigenvalue weighted by Gasteiger charge is -2.18. The van der Waals surface area contributed by atoms with E-state index in [0.717, 1.165) is 25.7 Å². The molecule has 0 amide bonds. The minimum Gasteiger partial charge on any atom is -0.211 e. The highest BCUT2D eigenvalue weighted by atomic mass is 32.2. The molecule has 1 aromatic carbocycles. The van der Waals surface area contributed by atoms with E-state index in [2.05, 4.69) is 11.6 Å². The number of sulfonamides is 1. The number of hydrogen-bond donors (Lipinski definition) is 1. The molecule has 119 valence electrons. The number of aryl methyl sites for hydroxylation is 1. The second-order valence-corrected chi connectivity index (χ2v) is 8.46. The van der Waals surface area contributed by atoms with Crippen molar-refractivity contribution >= 4 is 10.0 Å². The lowest BCUT2D eigenvalue weighted by molar-refractivity contribution is 0.407. The van der Waals surface area contributed by atoms with E-state index in [-0.39, 0.29) is 5.41 Å². The molecule has 0 aliphatic carbocycles. The van der Waals surface area contributed by atoms with E-state index < -0.39 is 10.0 Å². The van der Waals surface area contributed by atoms with Crippen molar-refractivity contribution < 1.29 is 8.42 Å². The van der Waals surface area contributed by atoms with Crippen LogP contribution in [0.25, 0.3) is 0 Å². The number of unbranched alkanes of at least 4 members (excludes halogenated alkanes) is 3. The largest absolute Gasteiger partial charge is 0.240 e. The Hall–Kier alpha value is -0.870. The lowest BCUT2D eigenvalue weighted by Crippen LogP contribution is -2.32. The van der Waals surface area contributed by atoms with Crippen LogP contribution >= 0.6 is 0 Å². The Morgan fingerprint density at radius 2 is 1.67 bits per heavy atom. The molecule has 1 rings (SSSR count). The summed E-state index contributed by atoms with van der Waals surface area (Å²) in [5, 5.41) is 0. The Kier molecular flexibility index (Phi) is 6.88. The molecule has 0 aromatic heterocycles. The molecule has 1 N–H and O–H groups in total. The molecule has 0 heterocycles. The van der Waals surface area contributed by atoms with Gasteiger partial charge in [0.25, 0.3) is 0 Å². The maximum absolute atomic E-state index is 12.2. The highest BCUT2D eigenvalue weighted by Crippen LogP contribution is 2.16. The fraction of sp³-hybridized carbons (Fsp3) is 0.588. The van der Waals surface area contributed by atoms with Crippen LogP contribution in [0.1, 0.15) is 52.0 Å². The average molecular weight is 310 g/mol. The van der Waals surface area contributed by atoms with Crippen LogP contribution in [0.5, 0.6) is 0 Å². The van der Waals surface area contributed by atoms with Crippen molar-refractivity contribution in [2.75, 3.05) is 6.54 Å². The number of benzene rings is 1. The Balaban J connectivity index is 2.60. The van der Waals surface area contributed by atoms with E-state index in [0.29, 0.717) is 11.4 Å². The first-order valence-electron chi connectivity index (χ1n) is 7.62. The van der Waals surface area contributed by atoms with Crippen LogP contribution < -0.4 is 4.72 Å². The minimum absolute atomic E-state index is 0.0683. The maximum Gasteiger partial charge on any atom is 0.240 e. The third-order valence-electron chi connectivity index (χ3n) is 3.24. The normalized spacial score (nSPS) is 12.6. The molecule has 4 heteroatoms. The third kappa shape index (κ3) is 7.09. The Labute approximate surface area is 130 Å². The van der Waals surface area contributed by atoms with Gasteiger partial charge >= 0.3 is 0 Å². The molecule has 0 atom stereocenters. The van der Waals surface area contributed by atoms with Crippen LogP contribution in [0.4, 0.5) is 0 Å².